The molecule has 27 heavy (non-hydrogen) atoms. The van der Waals surface area contributed by atoms with Crippen molar-refractivity contribution < 1.29 is 23.9 Å². The number of nitrogens with zero attached hydrogens (tertiary/aromatic N) is 1. The Hall–Kier alpha value is -0.700. The molecule has 1 aliphatic rings. The van der Waals surface area contributed by atoms with E-state index in [1.54, 1.807) is 0 Å². The zero-order valence-electron chi connectivity index (χ0n) is 14.6. The molecule has 2 atom stereocenters. The van der Waals surface area contributed by atoms with Crippen LogP contribution < -0.4 is 0 Å². The minimum Gasteiger partial charge on any atom is -0.443 e. The van der Waals surface area contributed by atoms with Gasteiger partial charge in [0.25, 0.3) is 0 Å². The number of ether oxygens (including phenoxy) is 2. The molecular weight excluding hydrogens is 437 g/mol. The molecule has 1 aliphatic heterocycles. The second kappa shape index (κ2) is 10.7. The Bertz CT molecular complexity index is 629. The summed E-state index contributed by atoms with van der Waals surface area (Å²) in [5, 5.41) is 1.15. The molecule has 1 aromatic carbocycles. The van der Waals surface area contributed by atoms with Crippen molar-refractivity contribution in [2.24, 2.45) is 0 Å². The van der Waals surface area contributed by atoms with Crippen LogP contribution in [-0.2, 0) is 25.7 Å². The van der Waals surface area contributed by atoms with Crippen molar-refractivity contribution in [1.29, 1.82) is 0 Å². The molecular formula is C17H20Cl3NO5S. The van der Waals surface area contributed by atoms with Crippen LogP contribution in [0.2, 0.25) is 0 Å². The number of carbonyl (C=O) groups is 2. The first kappa shape index (κ1) is 22.6. The minimum absolute atomic E-state index is 0.0310. The zero-order chi connectivity index (χ0) is 19.9. The average molecular weight is 457 g/mol. The smallest absolute Gasteiger partial charge is 0.434 e. The second-order valence-corrected chi connectivity index (χ2v) is 9.91. The van der Waals surface area contributed by atoms with Crippen LogP contribution in [0.3, 0.4) is 0 Å². The summed E-state index contributed by atoms with van der Waals surface area (Å²) in [5.41, 5.74) is 0.883. The van der Waals surface area contributed by atoms with E-state index in [9.17, 15) is 9.59 Å². The molecule has 150 valence electrons. The molecule has 1 amide bonds. The Morgan fingerprint density at radius 3 is 2.63 bits per heavy atom. The largest absolute Gasteiger partial charge is 0.443 e. The van der Waals surface area contributed by atoms with Crippen LogP contribution >= 0.6 is 46.6 Å². The first-order valence-electron chi connectivity index (χ1n) is 8.19. The summed E-state index contributed by atoms with van der Waals surface area (Å²) >= 11 is 18.1. The number of alkyl halides is 3. The fraction of sp³-hybridized carbons (Fsp3) is 0.529. The highest BCUT2D eigenvalue weighted by Gasteiger charge is 2.32. The van der Waals surface area contributed by atoms with E-state index >= 15 is 0 Å². The summed E-state index contributed by atoms with van der Waals surface area (Å²) in [6.07, 6.45) is -0.436. The highest BCUT2D eigenvalue weighted by Crippen LogP contribution is 2.28. The van der Waals surface area contributed by atoms with Crippen molar-refractivity contribution >= 4 is 57.8 Å². The van der Waals surface area contributed by atoms with E-state index in [1.165, 1.54) is 18.7 Å². The number of thioether (sulfide) groups is 1. The number of rotatable bonds is 7. The summed E-state index contributed by atoms with van der Waals surface area (Å²) in [7, 11) is 0. The van der Waals surface area contributed by atoms with Crippen molar-refractivity contribution in [3.05, 3.63) is 35.9 Å². The van der Waals surface area contributed by atoms with Crippen molar-refractivity contribution in [2.75, 3.05) is 19.8 Å². The predicted octanol–water partition coefficient (Wildman–Crippen LogP) is 4.36. The molecule has 6 nitrogen and oxygen atoms in total. The van der Waals surface area contributed by atoms with Crippen LogP contribution in [0.25, 0.3) is 0 Å². The number of hydrogen-bond donors (Lipinski definition) is 0. The van der Waals surface area contributed by atoms with Crippen molar-refractivity contribution in [3.63, 3.8) is 0 Å². The third-order valence-electron chi connectivity index (χ3n) is 3.54. The quantitative estimate of drug-likeness (QED) is 0.448. The van der Waals surface area contributed by atoms with Gasteiger partial charge in [0.1, 0.15) is 13.2 Å². The number of hydroxylamine groups is 2. The summed E-state index contributed by atoms with van der Waals surface area (Å²) in [6, 6.07) is 9.37. The highest BCUT2D eigenvalue weighted by atomic mass is 35.6. The molecule has 0 spiro atoms. The highest BCUT2D eigenvalue weighted by molar-refractivity contribution is 8.14. The first-order valence-corrected chi connectivity index (χ1v) is 10.2. The van der Waals surface area contributed by atoms with Crippen LogP contribution in [0.5, 0.6) is 0 Å². The maximum Gasteiger partial charge on any atom is 0.434 e. The Balaban J connectivity index is 1.94. The van der Waals surface area contributed by atoms with Gasteiger partial charge in [-0.05, 0) is 12.0 Å². The molecule has 0 saturated carbocycles. The van der Waals surface area contributed by atoms with Gasteiger partial charge in [-0.15, -0.1) is 0 Å². The number of carbonyl (C=O) groups excluding carboxylic acids is 2. The van der Waals surface area contributed by atoms with Gasteiger partial charge in [-0.25, -0.2) is 4.79 Å². The second-order valence-electron chi connectivity index (χ2n) is 5.91. The van der Waals surface area contributed by atoms with Gasteiger partial charge in [0, 0.05) is 12.2 Å². The molecule has 10 heteroatoms. The first-order chi connectivity index (χ1) is 12.7. The lowest BCUT2D eigenvalue weighted by molar-refractivity contribution is -0.160. The molecule has 0 unspecified atom stereocenters. The van der Waals surface area contributed by atoms with E-state index in [4.69, 9.17) is 49.1 Å². The fourth-order valence-electron chi connectivity index (χ4n) is 2.42. The number of hydrogen-bond acceptors (Lipinski definition) is 6. The number of halogens is 3. The number of benzene rings is 1. The summed E-state index contributed by atoms with van der Waals surface area (Å²) in [6.45, 7) is 1.85. The van der Waals surface area contributed by atoms with Gasteiger partial charge < -0.3 is 9.47 Å². The fourth-order valence-corrected chi connectivity index (χ4v) is 3.51. The molecule has 1 saturated heterocycles. The van der Waals surface area contributed by atoms with E-state index in [-0.39, 0.29) is 29.6 Å². The lowest BCUT2D eigenvalue weighted by atomic mass is 10.2. The maximum atomic E-state index is 12.3. The third kappa shape index (κ3) is 8.89. The van der Waals surface area contributed by atoms with Crippen LogP contribution in [-0.4, -0.2) is 51.2 Å². The summed E-state index contributed by atoms with van der Waals surface area (Å²) < 4.78 is 8.96. The van der Waals surface area contributed by atoms with E-state index in [0.717, 1.165) is 10.6 Å². The Morgan fingerprint density at radius 2 is 2.00 bits per heavy atom. The van der Waals surface area contributed by atoms with E-state index in [0.29, 0.717) is 13.0 Å². The van der Waals surface area contributed by atoms with Gasteiger partial charge in [0.2, 0.25) is 3.79 Å². The Kier molecular flexibility index (Phi) is 8.98. The molecule has 1 aromatic rings. The minimum atomic E-state index is -1.71. The topological polar surface area (TPSA) is 65.1 Å². The van der Waals surface area contributed by atoms with Gasteiger partial charge >= 0.3 is 6.09 Å². The van der Waals surface area contributed by atoms with Crippen LogP contribution in [0.4, 0.5) is 4.79 Å². The maximum absolute atomic E-state index is 12.3. The van der Waals surface area contributed by atoms with Gasteiger partial charge in [0.05, 0.1) is 19.3 Å². The average Bonchev–Trinajstić information content (AvgIpc) is 3.03. The predicted molar refractivity (Wildman–Crippen MR) is 106 cm³/mol. The molecule has 0 N–H and O–H groups in total. The monoisotopic (exact) mass is 455 g/mol. The van der Waals surface area contributed by atoms with E-state index < -0.39 is 16.5 Å². The van der Waals surface area contributed by atoms with Gasteiger partial charge in [0.15, 0.2) is 5.12 Å². The van der Waals surface area contributed by atoms with Crippen LogP contribution in [0, 0.1) is 0 Å². The lowest BCUT2D eigenvalue weighted by Crippen LogP contribution is -2.39. The summed E-state index contributed by atoms with van der Waals surface area (Å²) in [5.74, 6) is 0. The molecule has 0 bridgehead atoms. The van der Waals surface area contributed by atoms with Gasteiger partial charge in [-0.2, -0.15) is 5.06 Å². The normalized spacial score (nSPS) is 19.7. The SMILES string of the molecule is CC(=O)S[C@@H]1CO[C@@H](CN(OCc2ccccc2)C(=O)OCC(Cl)(Cl)Cl)C1. The third-order valence-corrected chi connectivity index (χ3v) is 4.86. The van der Waals surface area contributed by atoms with E-state index in [1.807, 2.05) is 30.3 Å². The van der Waals surface area contributed by atoms with E-state index in [2.05, 4.69) is 0 Å². The van der Waals surface area contributed by atoms with Crippen LogP contribution in [0.15, 0.2) is 30.3 Å². The van der Waals surface area contributed by atoms with Crippen molar-refractivity contribution in [1.82, 2.24) is 5.06 Å². The molecule has 0 aromatic heterocycles. The molecule has 0 aliphatic carbocycles. The Morgan fingerprint density at radius 1 is 1.30 bits per heavy atom. The van der Waals surface area contributed by atoms with Crippen molar-refractivity contribution in [2.45, 2.75) is 35.1 Å². The zero-order valence-corrected chi connectivity index (χ0v) is 17.7. The van der Waals surface area contributed by atoms with Crippen LogP contribution in [0.1, 0.15) is 18.9 Å². The number of amides is 1. The lowest BCUT2D eigenvalue weighted by Gasteiger charge is -2.24. The standard InChI is InChI=1S/C17H20Cl3NO5S/c1-12(22)27-15-7-14(24-10-15)8-21(16(23)25-11-17(18,19)20)26-9-13-5-3-2-4-6-13/h2-6,14-15H,7-11H2,1H3/t14-,15+/m1/s1. The molecule has 2 rings (SSSR count). The molecule has 1 heterocycles. The Labute approximate surface area is 177 Å². The molecule has 0 radical (unpaired) electrons. The van der Waals surface area contributed by atoms with Crippen molar-refractivity contribution in [3.8, 4) is 0 Å². The molecule has 1 fully saturated rings. The van der Waals surface area contributed by atoms with Gasteiger partial charge in [-0.1, -0.05) is 76.9 Å². The summed E-state index contributed by atoms with van der Waals surface area (Å²) in [4.78, 5) is 29.2. The van der Waals surface area contributed by atoms with Gasteiger partial charge in [-0.3, -0.25) is 9.63 Å².